The van der Waals surface area contributed by atoms with Crippen molar-refractivity contribution in [1.29, 1.82) is 0 Å². The zero-order chi connectivity index (χ0) is 20.4. The number of amides is 1. The second-order valence-corrected chi connectivity index (χ2v) is 7.24. The van der Waals surface area contributed by atoms with Crippen LogP contribution in [0.15, 0.2) is 21.9 Å². The van der Waals surface area contributed by atoms with Crippen molar-refractivity contribution in [2.45, 2.75) is 27.2 Å². The smallest absolute Gasteiger partial charge is 0.263 e. The molecule has 1 amide bonds. The minimum absolute atomic E-state index is 0.00888. The highest BCUT2D eigenvalue weighted by Crippen LogP contribution is 2.25. The second-order valence-electron chi connectivity index (χ2n) is 7.24. The average molecular weight is 382 g/mol. The summed E-state index contributed by atoms with van der Waals surface area (Å²) in [5.74, 6) is 0.373. The van der Waals surface area contributed by atoms with Gasteiger partial charge in [0.2, 0.25) is 11.9 Å². The molecule has 1 saturated heterocycles. The summed E-state index contributed by atoms with van der Waals surface area (Å²) in [4.78, 5) is 37.8. The van der Waals surface area contributed by atoms with Crippen LogP contribution >= 0.6 is 0 Å². The highest BCUT2D eigenvalue weighted by Gasteiger charge is 2.29. The van der Waals surface area contributed by atoms with Gasteiger partial charge in [-0.05, 0) is 38.3 Å². The predicted molar refractivity (Wildman–Crippen MR) is 112 cm³/mol. The Kier molecular flexibility index (Phi) is 5.48. The fourth-order valence-electron chi connectivity index (χ4n) is 3.64. The van der Waals surface area contributed by atoms with E-state index in [2.05, 4.69) is 20.3 Å². The number of hydrogen-bond acceptors (Lipinski definition) is 6. The molecule has 0 bridgehead atoms. The topological polar surface area (TPSA) is 116 Å². The molecule has 0 aliphatic carbocycles. The molecule has 8 heteroatoms. The first-order valence-electron chi connectivity index (χ1n) is 9.28. The number of aryl methyl sites for hydroxylation is 3. The van der Waals surface area contributed by atoms with Crippen LogP contribution in [-0.2, 0) is 4.79 Å². The van der Waals surface area contributed by atoms with Crippen molar-refractivity contribution >= 4 is 29.6 Å². The number of carbonyl (C=O) groups excluding carboxylic acids is 1. The first-order chi connectivity index (χ1) is 13.3. The first kappa shape index (κ1) is 19.6. The molecular weight excluding hydrogens is 356 g/mol. The number of nitrogens with two attached hydrogens (primary N) is 1. The predicted octanol–water partition coefficient (Wildman–Crippen LogP) is 1.60. The molecule has 1 aromatic heterocycles. The van der Waals surface area contributed by atoms with Crippen LogP contribution in [-0.4, -0.2) is 42.2 Å². The molecule has 0 radical (unpaired) electrons. The van der Waals surface area contributed by atoms with Crippen molar-refractivity contribution < 1.29 is 4.79 Å². The average Bonchev–Trinajstić information content (AvgIpc) is 3.12. The van der Waals surface area contributed by atoms with Gasteiger partial charge in [0, 0.05) is 26.4 Å². The summed E-state index contributed by atoms with van der Waals surface area (Å²) in [6.45, 7) is 7.13. The minimum Gasteiger partial charge on any atom is -0.383 e. The van der Waals surface area contributed by atoms with Gasteiger partial charge >= 0.3 is 0 Å². The van der Waals surface area contributed by atoms with E-state index < -0.39 is 0 Å². The molecule has 148 valence electrons. The molecule has 0 spiro atoms. The Labute approximate surface area is 163 Å². The normalized spacial score (nSPS) is 16.7. The van der Waals surface area contributed by atoms with Crippen molar-refractivity contribution in [1.82, 2.24) is 15.3 Å². The van der Waals surface area contributed by atoms with Gasteiger partial charge in [-0.3, -0.25) is 19.6 Å². The number of nitrogen functional groups attached to an aromatic ring is 1. The lowest BCUT2D eigenvalue weighted by atomic mass is 10.1. The molecule has 28 heavy (non-hydrogen) atoms. The van der Waals surface area contributed by atoms with Crippen molar-refractivity contribution in [3.63, 3.8) is 0 Å². The lowest BCUT2D eigenvalue weighted by Crippen LogP contribution is -2.32. The molecular formula is C20H26N6O2. The lowest BCUT2D eigenvalue weighted by Gasteiger charge is -2.17. The molecule has 1 aliphatic heterocycles. The zero-order valence-electron chi connectivity index (χ0n) is 16.7. The van der Waals surface area contributed by atoms with E-state index in [-0.39, 0.29) is 28.8 Å². The number of hydrogen-bond donors (Lipinski definition) is 3. The molecule has 1 aliphatic rings. The van der Waals surface area contributed by atoms with E-state index in [0.717, 1.165) is 22.4 Å². The van der Waals surface area contributed by atoms with E-state index in [9.17, 15) is 9.59 Å². The van der Waals surface area contributed by atoms with Crippen LogP contribution in [0.3, 0.4) is 0 Å². The maximum Gasteiger partial charge on any atom is 0.263 e. The highest BCUT2D eigenvalue weighted by atomic mass is 16.2. The van der Waals surface area contributed by atoms with Gasteiger partial charge in [-0.25, -0.2) is 0 Å². The van der Waals surface area contributed by atoms with E-state index in [1.165, 1.54) is 6.21 Å². The van der Waals surface area contributed by atoms with Crippen molar-refractivity contribution in [3.8, 4) is 0 Å². The first-order valence-corrected chi connectivity index (χ1v) is 9.28. The summed E-state index contributed by atoms with van der Waals surface area (Å²) in [6.07, 6.45) is 2.17. The molecule has 2 aromatic rings. The molecule has 1 atom stereocenters. The van der Waals surface area contributed by atoms with E-state index in [1.807, 2.05) is 37.8 Å². The fourth-order valence-corrected chi connectivity index (χ4v) is 3.64. The number of carbonyl (C=O) groups is 1. The third-order valence-electron chi connectivity index (χ3n) is 5.04. The molecule has 1 aromatic carbocycles. The standard InChI is InChI=1S/C20H26N6O2/c1-11-7-12(2)16(13(3)8-11)23-9-15-17(21)24-20(25-19(15)28)26-6-5-14(10-26)18(27)22-4/h7-9,14H,5-6,10H2,1-4H3,(H,22,27)(H3,21,24,25,28). The van der Waals surface area contributed by atoms with Crippen LogP contribution in [0.1, 0.15) is 28.7 Å². The minimum atomic E-state index is -0.350. The number of aromatic amines is 1. The third-order valence-corrected chi connectivity index (χ3v) is 5.04. The fraction of sp³-hybridized carbons (Fsp3) is 0.400. The van der Waals surface area contributed by atoms with Gasteiger partial charge in [-0.2, -0.15) is 4.98 Å². The number of nitrogens with zero attached hydrogens (tertiary/aromatic N) is 3. The Morgan fingerprint density at radius 2 is 2.04 bits per heavy atom. The summed E-state index contributed by atoms with van der Waals surface area (Å²) in [5.41, 5.74) is 9.98. The molecule has 2 heterocycles. The van der Waals surface area contributed by atoms with Gasteiger partial charge in [0.15, 0.2) is 0 Å². The largest absolute Gasteiger partial charge is 0.383 e. The van der Waals surface area contributed by atoms with Gasteiger partial charge in [-0.1, -0.05) is 17.7 Å². The van der Waals surface area contributed by atoms with Crippen LogP contribution in [0.4, 0.5) is 17.5 Å². The van der Waals surface area contributed by atoms with Crippen LogP contribution in [0.5, 0.6) is 0 Å². The maximum atomic E-state index is 12.6. The SMILES string of the molecule is CNC(=O)C1CCN(c2nc(N)c(C=Nc3c(C)cc(C)cc3C)c(=O)[nH]2)C1. The van der Waals surface area contributed by atoms with E-state index >= 15 is 0 Å². The van der Waals surface area contributed by atoms with Gasteiger partial charge in [0.05, 0.1) is 11.6 Å². The monoisotopic (exact) mass is 382 g/mol. The number of aromatic nitrogens is 2. The quantitative estimate of drug-likeness (QED) is 0.695. The molecule has 1 unspecified atom stereocenters. The zero-order valence-corrected chi connectivity index (χ0v) is 16.7. The summed E-state index contributed by atoms with van der Waals surface area (Å²) < 4.78 is 0. The van der Waals surface area contributed by atoms with Crippen molar-refractivity contribution in [2.24, 2.45) is 10.9 Å². The third kappa shape index (κ3) is 3.90. The van der Waals surface area contributed by atoms with Crippen molar-refractivity contribution in [3.05, 3.63) is 44.7 Å². The van der Waals surface area contributed by atoms with Gasteiger partial charge < -0.3 is 16.0 Å². The molecule has 1 fully saturated rings. The Morgan fingerprint density at radius 3 is 2.64 bits per heavy atom. The second kappa shape index (κ2) is 7.84. The number of benzene rings is 1. The highest BCUT2D eigenvalue weighted by molar-refractivity contribution is 5.87. The Hall–Kier alpha value is -3.16. The van der Waals surface area contributed by atoms with E-state index in [0.29, 0.717) is 25.5 Å². The molecule has 4 N–H and O–H groups in total. The van der Waals surface area contributed by atoms with Crippen LogP contribution in [0.2, 0.25) is 0 Å². The van der Waals surface area contributed by atoms with E-state index in [4.69, 9.17) is 5.73 Å². The van der Waals surface area contributed by atoms with Gasteiger partial charge in [-0.15, -0.1) is 0 Å². The molecule has 0 saturated carbocycles. The summed E-state index contributed by atoms with van der Waals surface area (Å²) >= 11 is 0. The molecule has 3 rings (SSSR count). The summed E-state index contributed by atoms with van der Waals surface area (Å²) in [5, 5.41) is 2.66. The Balaban J connectivity index is 1.86. The Bertz CT molecular complexity index is 972. The summed E-state index contributed by atoms with van der Waals surface area (Å²) in [7, 11) is 1.62. The lowest BCUT2D eigenvalue weighted by molar-refractivity contribution is -0.123. The summed E-state index contributed by atoms with van der Waals surface area (Å²) in [6, 6.07) is 4.09. The van der Waals surface area contributed by atoms with Crippen LogP contribution in [0.25, 0.3) is 0 Å². The van der Waals surface area contributed by atoms with Crippen molar-refractivity contribution in [2.75, 3.05) is 30.8 Å². The number of aliphatic imine (C=N–C) groups is 1. The van der Waals surface area contributed by atoms with Crippen LogP contribution < -0.4 is 21.5 Å². The number of anilines is 2. The molecule has 8 nitrogen and oxygen atoms in total. The van der Waals surface area contributed by atoms with E-state index in [1.54, 1.807) is 7.05 Å². The number of H-pyrrole nitrogens is 1. The maximum absolute atomic E-state index is 12.6. The Morgan fingerprint density at radius 1 is 1.36 bits per heavy atom. The number of rotatable bonds is 4. The van der Waals surface area contributed by atoms with Gasteiger partial charge in [0.25, 0.3) is 5.56 Å². The van der Waals surface area contributed by atoms with Crippen LogP contribution in [0, 0.1) is 26.7 Å². The van der Waals surface area contributed by atoms with Gasteiger partial charge in [0.1, 0.15) is 11.4 Å². The number of nitrogens with one attached hydrogen (secondary N) is 2.